The van der Waals surface area contributed by atoms with E-state index < -0.39 is 0 Å². The molecule has 0 aliphatic heterocycles. The number of halogens is 1. The van der Waals surface area contributed by atoms with Crippen LogP contribution in [-0.4, -0.2) is 6.61 Å². The van der Waals surface area contributed by atoms with Gasteiger partial charge in [0, 0.05) is 5.02 Å². The van der Waals surface area contributed by atoms with E-state index in [1.807, 2.05) is 31.2 Å². The molecule has 0 N–H and O–H groups in total. The van der Waals surface area contributed by atoms with Crippen LogP contribution in [0.1, 0.15) is 43.4 Å². The van der Waals surface area contributed by atoms with E-state index in [0.29, 0.717) is 6.61 Å². The fourth-order valence-electron chi connectivity index (χ4n) is 2.27. The molecule has 0 saturated carbocycles. The van der Waals surface area contributed by atoms with Crippen molar-refractivity contribution in [2.24, 2.45) is 0 Å². The average molecular weight is 315 g/mol. The molecular formula is C20H23ClO. The van der Waals surface area contributed by atoms with E-state index in [2.05, 4.69) is 37.3 Å². The molecule has 0 bridgehead atoms. The Morgan fingerprint density at radius 1 is 1.00 bits per heavy atom. The molecule has 0 saturated heterocycles. The Labute approximate surface area is 138 Å². The third kappa shape index (κ3) is 4.92. The summed E-state index contributed by atoms with van der Waals surface area (Å²) >= 11 is 6.37. The molecule has 2 aromatic carbocycles. The molecule has 1 nitrogen and oxygen atoms in total. The zero-order chi connectivity index (χ0) is 15.8. The minimum atomic E-state index is 0.690. The van der Waals surface area contributed by atoms with Crippen molar-refractivity contribution in [3.63, 3.8) is 0 Å². The maximum Gasteiger partial charge on any atom is 0.119 e. The van der Waals surface area contributed by atoms with E-state index in [1.54, 1.807) is 0 Å². The van der Waals surface area contributed by atoms with Crippen molar-refractivity contribution in [2.45, 2.75) is 33.1 Å². The monoisotopic (exact) mass is 314 g/mol. The minimum absolute atomic E-state index is 0.690. The van der Waals surface area contributed by atoms with Crippen LogP contribution >= 0.6 is 11.6 Å². The molecule has 0 unspecified atom stereocenters. The summed E-state index contributed by atoms with van der Waals surface area (Å²) in [6.45, 7) is 4.88. The topological polar surface area (TPSA) is 9.23 Å². The van der Waals surface area contributed by atoms with Gasteiger partial charge >= 0.3 is 0 Å². The highest BCUT2D eigenvalue weighted by atomic mass is 35.5. The number of hydrogen-bond donors (Lipinski definition) is 0. The van der Waals surface area contributed by atoms with Crippen molar-refractivity contribution in [3.8, 4) is 5.75 Å². The van der Waals surface area contributed by atoms with Gasteiger partial charge in [-0.25, -0.2) is 0 Å². The lowest BCUT2D eigenvalue weighted by Gasteiger charge is -2.04. The molecule has 2 rings (SSSR count). The maximum atomic E-state index is 6.37. The summed E-state index contributed by atoms with van der Waals surface area (Å²) < 4.78 is 5.44. The van der Waals surface area contributed by atoms with Gasteiger partial charge in [-0.05, 0) is 54.7 Å². The number of ether oxygens (including phenoxy) is 1. The third-order valence-electron chi connectivity index (χ3n) is 3.53. The van der Waals surface area contributed by atoms with Crippen LogP contribution in [-0.2, 0) is 6.42 Å². The Morgan fingerprint density at radius 2 is 1.77 bits per heavy atom. The van der Waals surface area contributed by atoms with Crippen molar-refractivity contribution in [1.82, 2.24) is 0 Å². The average Bonchev–Trinajstić information content (AvgIpc) is 2.54. The second kappa shape index (κ2) is 8.65. The Kier molecular flexibility index (Phi) is 6.54. The van der Waals surface area contributed by atoms with Gasteiger partial charge < -0.3 is 4.74 Å². The van der Waals surface area contributed by atoms with Gasteiger partial charge in [0.25, 0.3) is 0 Å². The van der Waals surface area contributed by atoms with Crippen LogP contribution < -0.4 is 4.74 Å². The molecule has 0 fully saturated rings. The SMILES string of the molecule is CCCCc1ccc(C=Cc2ccc(OCC)cc2)c(Cl)c1. The molecule has 0 amide bonds. The zero-order valence-corrected chi connectivity index (χ0v) is 14.1. The predicted octanol–water partition coefficient (Wildman–Crippen LogP) is 6.25. The quantitative estimate of drug-likeness (QED) is 0.549. The summed E-state index contributed by atoms with van der Waals surface area (Å²) in [4.78, 5) is 0. The molecule has 22 heavy (non-hydrogen) atoms. The van der Waals surface area contributed by atoms with Gasteiger partial charge in [-0.1, -0.05) is 61.4 Å². The smallest absolute Gasteiger partial charge is 0.119 e. The van der Waals surface area contributed by atoms with Gasteiger partial charge in [0.15, 0.2) is 0 Å². The van der Waals surface area contributed by atoms with Crippen LogP contribution in [0, 0.1) is 0 Å². The Hall–Kier alpha value is -1.73. The van der Waals surface area contributed by atoms with Gasteiger partial charge in [-0.2, -0.15) is 0 Å². The summed E-state index contributed by atoms with van der Waals surface area (Å²) in [7, 11) is 0. The molecule has 0 aromatic heterocycles. The normalized spacial score (nSPS) is 11.0. The van der Waals surface area contributed by atoms with Crippen molar-refractivity contribution >= 4 is 23.8 Å². The van der Waals surface area contributed by atoms with Gasteiger partial charge in [0.2, 0.25) is 0 Å². The summed E-state index contributed by atoms with van der Waals surface area (Å²) in [5.74, 6) is 0.901. The number of unbranched alkanes of at least 4 members (excludes halogenated alkanes) is 1. The molecule has 0 aliphatic carbocycles. The predicted molar refractivity (Wildman–Crippen MR) is 96.6 cm³/mol. The highest BCUT2D eigenvalue weighted by molar-refractivity contribution is 6.32. The molecule has 0 aliphatic rings. The van der Waals surface area contributed by atoms with Crippen LogP contribution in [0.3, 0.4) is 0 Å². The highest BCUT2D eigenvalue weighted by Crippen LogP contribution is 2.22. The molecule has 0 spiro atoms. The molecule has 2 aromatic rings. The first-order valence-electron chi connectivity index (χ1n) is 7.92. The minimum Gasteiger partial charge on any atom is -0.494 e. The van der Waals surface area contributed by atoms with Crippen LogP contribution in [0.25, 0.3) is 12.2 Å². The summed E-state index contributed by atoms with van der Waals surface area (Å²) in [5, 5.41) is 0.816. The van der Waals surface area contributed by atoms with Crippen molar-refractivity contribution < 1.29 is 4.74 Å². The molecule has 2 heteroatoms. The summed E-state index contributed by atoms with van der Waals surface area (Å²) in [6.07, 6.45) is 7.64. The van der Waals surface area contributed by atoms with E-state index in [0.717, 1.165) is 28.3 Å². The molecular weight excluding hydrogens is 292 g/mol. The molecule has 0 radical (unpaired) electrons. The van der Waals surface area contributed by atoms with E-state index in [-0.39, 0.29) is 0 Å². The Morgan fingerprint density at radius 3 is 2.41 bits per heavy atom. The fraction of sp³-hybridized carbons (Fsp3) is 0.300. The zero-order valence-electron chi connectivity index (χ0n) is 13.3. The lowest BCUT2D eigenvalue weighted by Crippen LogP contribution is -1.90. The van der Waals surface area contributed by atoms with Crippen LogP contribution in [0.15, 0.2) is 42.5 Å². The highest BCUT2D eigenvalue weighted by Gasteiger charge is 1.99. The Balaban J connectivity index is 2.05. The first-order valence-corrected chi connectivity index (χ1v) is 8.30. The van der Waals surface area contributed by atoms with Crippen molar-refractivity contribution in [1.29, 1.82) is 0 Å². The lowest BCUT2D eigenvalue weighted by molar-refractivity contribution is 0.340. The van der Waals surface area contributed by atoms with E-state index in [1.165, 1.54) is 18.4 Å². The van der Waals surface area contributed by atoms with Crippen LogP contribution in [0.2, 0.25) is 5.02 Å². The van der Waals surface area contributed by atoms with Crippen molar-refractivity contribution in [3.05, 3.63) is 64.2 Å². The number of hydrogen-bond acceptors (Lipinski definition) is 1. The number of benzene rings is 2. The fourth-order valence-corrected chi connectivity index (χ4v) is 2.54. The van der Waals surface area contributed by atoms with E-state index in [9.17, 15) is 0 Å². The summed E-state index contributed by atoms with van der Waals surface area (Å²) in [5.41, 5.74) is 3.50. The van der Waals surface area contributed by atoms with Crippen LogP contribution in [0.5, 0.6) is 5.75 Å². The first-order chi connectivity index (χ1) is 10.7. The number of rotatable bonds is 7. The molecule has 0 atom stereocenters. The van der Waals surface area contributed by atoms with Gasteiger partial charge in [0.05, 0.1) is 6.61 Å². The maximum absolute atomic E-state index is 6.37. The van der Waals surface area contributed by atoms with E-state index >= 15 is 0 Å². The second-order valence-corrected chi connectivity index (χ2v) is 5.70. The van der Waals surface area contributed by atoms with Gasteiger partial charge in [-0.3, -0.25) is 0 Å². The largest absolute Gasteiger partial charge is 0.494 e. The molecule has 0 heterocycles. The van der Waals surface area contributed by atoms with Crippen LogP contribution in [0.4, 0.5) is 0 Å². The number of aryl methyl sites for hydroxylation is 1. The first kappa shape index (κ1) is 16.6. The second-order valence-electron chi connectivity index (χ2n) is 5.29. The third-order valence-corrected chi connectivity index (χ3v) is 3.86. The standard InChI is InChI=1S/C20H23ClO/c1-3-5-6-17-8-12-18(20(21)15-17)11-7-16-9-13-19(14-10-16)22-4-2/h7-15H,3-6H2,1-2H3. The summed E-state index contributed by atoms with van der Waals surface area (Å²) in [6, 6.07) is 14.4. The van der Waals surface area contributed by atoms with Gasteiger partial charge in [-0.15, -0.1) is 0 Å². The Bertz CT molecular complexity index is 614. The van der Waals surface area contributed by atoms with E-state index in [4.69, 9.17) is 16.3 Å². The molecule has 116 valence electrons. The van der Waals surface area contributed by atoms with Gasteiger partial charge in [0.1, 0.15) is 5.75 Å². The lowest BCUT2D eigenvalue weighted by atomic mass is 10.1. The van der Waals surface area contributed by atoms with Crippen molar-refractivity contribution in [2.75, 3.05) is 6.61 Å².